The van der Waals surface area contributed by atoms with Crippen LogP contribution in [0.15, 0.2) is 12.7 Å². The minimum atomic E-state index is 0.336. The third-order valence-corrected chi connectivity index (χ3v) is 4.36. The van der Waals surface area contributed by atoms with Gasteiger partial charge in [-0.15, -0.1) is 6.58 Å². The van der Waals surface area contributed by atoms with E-state index in [-0.39, 0.29) is 0 Å². The van der Waals surface area contributed by atoms with E-state index in [0.717, 1.165) is 6.54 Å². The lowest BCUT2D eigenvalue weighted by atomic mass is 9.89. The molecule has 2 aliphatic rings. The Bertz CT molecular complexity index is 293. The number of nitrogens with zero attached hydrogens (tertiary/aromatic N) is 2. The molecular formula is C14H24N2O. The van der Waals surface area contributed by atoms with E-state index in [1.165, 1.54) is 25.7 Å². The lowest BCUT2D eigenvalue weighted by molar-refractivity contribution is -0.130. The zero-order valence-electron chi connectivity index (χ0n) is 11.1. The fraction of sp³-hybridized carbons (Fsp3) is 0.786. The van der Waals surface area contributed by atoms with E-state index in [1.807, 2.05) is 6.08 Å². The van der Waals surface area contributed by atoms with Gasteiger partial charge in [-0.1, -0.05) is 6.08 Å². The molecule has 0 spiro atoms. The first kappa shape index (κ1) is 12.6. The number of hydrogen-bond acceptors (Lipinski definition) is 2. The van der Waals surface area contributed by atoms with Gasteiger partial charge in [-0.25, -0.2) is 0 Å². The molecule has 1 saturated heterocycles. The number of carbonyl (C=O) groups excluding carboxylic acids is 1. The van der Waals surface area contributed by atoms with E-state index in [2.05, 4.69) is 30.5 Å². The van der Waals surface area contributed by atoms with Crippen LogP contribution in [0.3, 0.4) is 0 Å². The van der Waals surface area contributed by atoms with Crippen LogP contribution in [0.5, 0.6) is 0 Å². The van der Waals surface area contributed by atoms with Crippen molar-refractivity contribution in [2.45, 2.75) is 44.2 Å². The summed E-state index contributed by atoms with van der Waals surface area (Å²) < 4.78 is 0. The number of hydrogen-bond donors (Lipinski definition) is 0. The maximum Gasteiger partial charge on any atom is 0.223 e. The van der Waals surface area contributed by atoms with E-state index in [1.54, 1.807) is 0 Å². The van der Waals surface area contributed by atoms with E-state index < -0.39 is 0 Å². The summed E-state index contributed by atoms with van der Waals surface area (Å²) in [6.07, 6.45) is 7.39. The summed E-state index contributed by atoms with van der Waals surface area (Å²) in [7, 11) is 4.31. The predicted molar refractivity (Wildman–Crippen MR) is 69.7 cm³/mol. The van der Waals surface area contributed by atoms with Gasteiger partial charge < -0.3 is 9.80 Å². The monoisotopic (exact) mass is 236 g/mol. The number of carbonyl (C=O) groups is 1. The van der Waals surface area contributed by atoms with Crippen LogP contribution in [0, 0.1) is 5.92 Å². The molecule has 0 radical (unpaired) electrons. The van der Waals surface area contributed by atoms with Gasteiger partial charge in [-0.2, -0.15) is 0 Å². The number of amides is 1. The molecule has 0 aromatic carbocycles. The quantitative estimate of drug-likeness (QED) is 0.699. The van der Waals surface area contributed by atoms with Crippen LogP contribution in [-0.4, -0.2) is 48.4 Å². The molecule has 0 bridgehead atoms. The second kappa shape index (κ2) is 5.21. The molecule has 1 amide bonds. The molecule has 1 atom stereocenters. The highest BCUT2D eigenvalue weighted by molar-refractivity contribution is 5.79. The topological polar surface area (TPSA) is 23.6 Å². The average molecular weight is 236 g/mol. The van der Waals surface area contributed by atoms with Crippen LogP contribution in [0.4, 0.5) is 0 Å². The molecular weight excluding hydrogens is 212 g/mol. The van der Waals surface area contributed by atoms with Gasteiger partial charge in [-0.3, -0.25) is 4.79 Å². The largest absolute Gasteiger partial charge is 0.339 e. The standard InChI is InChI=1S/C14H24N2O/c1-4-11-9-14(17)16(10-11)13-7-5-12(6-8-13)15(2)3/h4,11-13H,1,5-10H2,2-3H3. The van der Waals surface area contributed by atoms with Gasteiger partial charge >= 0.3 is 0 Å². The van der Waals surface area contributed by atoms with Gasteiger partial charge in [0.05, 0.1) is 0 Å². The molecule has 96 valence electrons. The van der Waals surface area contributed by atoms with Crippen molar-refractivity contribution in [3.63, 3.8) is 0 Å². The third-order valence-electron chi connectivity index (χ3n) is 4.36. The predicted octanol–water partition coefficient (Wildman–Crippen LogP) is 1.89. The molecule has 1 saturated carbocycles. The van der Waals surface area contributed by atoms with Crippen LogP contribution in [0.25, 0.3) is 0 Å². The molecule has 3 nitrogen and oxygen atoms in total. The Balaban J connectivity index is 1.89. The van der Waals surface area contributed by atoms with Gasteiger partial charge in [-0.05, 0) is 39.8 Å². The van der Waals surface area contributed by atoms with E-state index in [9.17, 15) is 4.79 Å². The fourth-order valence-corrected chi connectivity index (χ4v) is 3.16. The van der Waals surface area contributed by atoms with Crippen molar-refractivity contribution in [2.75, 3.05) is 20.6 Å². The number of rotatable bonds is 3. The second-order valence-electron chi connectivity index (χ2n) is 5.67. The molecule has 2 fully saturated rings. The minimum absolute atomic E-state index is 0.336. The molecule has 2 rings (SSSR count). The highest BCUT2D eigenvalue weighted by atomic mass is 16.2. The van der Waals surface area contributed by atoms with Crippen molar-refractivity contribution in [3.8, 4) is 0 Å². The lowest BCUT2D eigenvalue weighted by Gasteiger charge is -2.37. The summed E-state index contributed by atoms with van der Waals surface area (Å²) in [5.41, 5.74) is 0. The molecule has 3 heteroatoms. The van der Waals surface area contributed by atoms with Crippen molar-refractivity contribution >= 4 is 5.91 Å². The van der Waals surface area contributed by atoms with Crippen LogP contribution < -0.4 is 0 Å². The van der Waals surface area contributed by atoms with Gasteiger partial charge in [0.15, 0.2) is 0 Å². The Hall–Kier alpha value is -0.830. The number of likely N-dealkylation sites (tertiary alicyclic amines) is 1. The molecule has 0 N–H and O–H groups in total. The lowest BCUT2D eigenvalue weighted by Crippen LogP contribution is -2.42. The summed E-state index contributed by atoms with van der Waals surface area (Å²) in [5.74, 6) is 0.720. The summed E-state index contributed by atoms with van der Waals surface area (Å²) in [4.78, 5) is 16.3. The summed E-state index contributed by atoms with van der Waals surface area (Å²) in [6, 6.07) is 1.20. The van der Waals surface area contributed by atoms with Crippen molar-refractivity contribution in [1.82, 2.24) is 9.80 Å². The van der Waals surface area contributed by atoms with Crippen LogP contribution in [-0.2, 0) is 4.79 Å². The van der Waals surface area contributed by atoms with Gasteiger partial charge in [0.25, 0.3) is 0 Å². The zero-order chi connectivity index (χ0) is 12.4. The second-order valence-corrected chi connectivity index (χ2v) is 5.67. The molecule has 1 heterocycles. The Morgan fingerprint density at radius 3 is 2.41 bits per heavy atom. The smallest absolute Gasteiger partial charge is 0.223 e. The first-order valence-corrected chi connectivity index (χ1v) is 6.70. The molecule has 17 heavy (non-hydrogen) atoms. The van der Waals surface area contributed by atoms with Gasteiger partial charge in [0.1, 0.15) is 0 Å². The molecule has 0 aromatic rings. The van der Waals surface area contributed by atoms with Gasteiger partial charge in [0.2, 0.25) is 5.91 Å². The van der Waals surface area contributed by atoms with Crippen LogP contribution in [0.1, 0.15) is 32.1 Å². The highest BCUT2D eigenvalue weighted by Gasteiger charge is 2.35. The Labute approximate surface area is 104 Å². The van der Waals surface area contributed by atoms with Crippen LogP contribution in [0.2, 0.25) is 0 Å². The fourth-order valence-electron chi connectivity index (χ4n) is 3.16. The highest BCUT2D eigenvalue weighted by Crippen LogP contribution is 2.30. The van der Waals surface area contributed by atoms with E-state index >= 15 is 0 Å². The first-order chi connectivity index (χ1) is 8.11. The summed E-state index contributed by atoms with van der Waals surface area (Å²) in [5, 5.41) is 0. The Morgan fingerprint density at radius 1 is 1.29 bits per heavy atom. The van der Waals surface area contributed by atoms with E-state index in [4.69, 9.17) is 0 Å². The van der Waals surface area contributed by atoms with E-state index in [0.29, 0.717) is 30.3 Å². The van der Waals surface area contributed by atoms with Crippen molar-refractivity contribution in [2.24, 2.45) is 5.92 Å². The third kappa shape index (κ3) is 2.71. The normalized spacial score (nSPS) is 34.4. The Kier molecular flexibility index (Phi) is 3.87. The van der Waals surface area contributed by atoms with Crippen molar-refractivity contribution in [1.29, 1.82) is 0 Å². The maximum absolute atomic E-state index is 11.9. The molecule has 1 aliphatic heterocycles. The maximum atomic E-state index is 11.9. The molecule has 1 unspecified atom stereocenters. The van der Waals surface area contributed by atoms with Crippen LogP contribution >= 0.6 is 0 Å². The first-order valence-electron chi connectivity index (χ1n) is 6.70. The summed E-state index contributed by atoms with van der Waals surface area (Å²) >= 11 is 0. The molecule has 1 aliphatic carbocycles. The van der Waals surface area contributed by atoms with Crippen molar-refractivity contribution in [3.05, 3.63) is 12.7 Å². The average Bonchev–Trinajstić information content (AvgIpc) is 2.71. The minimum Gasteiger partial charge on any atom is -0.339 e. The summed E-state index contributed by atoms with van der Waals surface area (Å²) in [6.45, 7) is 4.71. The Morgan fingerprint density at radius 2 is 1.94 bits per heavy atom. The SMILES string of the molecule is C=CC1CC(=O)N(C2CCC(N(C)C)CC2)C1. The van der Waals surface area contributed by atoms with Crippen molar-refractivity contribution < 1.29 is 4.79 Å². The zero-order valence-corrected chi connectivity index (χ0v) is 11.1. The molecule has 0 aromatic heterocycles. The van der Waals surface area contributed by atoms with Gasteiger partial charge in [0, 0.05) is 31.0 Å².